The molecule has 1 saturated heterocycles. The maximum Gasteiger partial charge on any atom is 0.481 e. The lowest BCUT2D eigenvalue weighted by molar-refractivity contribution is -0.199. The number of aryl methyl sites for hydroxylation is 1. The van der Waals surface area contributed by atoms with Gasteiger partial charge in [-0.1, -0.05) is 81.4 Å². The number of hydrogen-bond donors (Lipinski definition) is 2. The summed E-state index contributed by atoms with van der Waals surface area (Å²) in [6, 6.07) is 21.1. The van der Waals surface area contributed by atoms with Gasteiger partial charge in [0.25, 0.3) is 11.8 Å². The monoisotopic (exact) mass is 665 g/mol. The van der Waals surface area contributed by atoms with Gasteiger partial charge in [0, 0.05) is 12.8 Å². The highest BCUT2D eigenvalue weighted by Crippen LogP contribution is 2.65. The van der Waals surface area contributed by atoms with E-state index in [-0.39, 0.29) is 47.8 Å². The highest BCUT2D eigenvalue weighted by molar-refractivity contribution is 6.48. The number of amides is 2. The Bertz CT molecular complexity index is 1730. The van der Waals surface area contributed by atoms with Crippen molar-refractivity contribution in [2.75, 3.05) is 6.54 Å². The Morgan fingerprint density at radius 1 is 1.04 bits per heavy atom. The molecule has 5 aliphatic rings. The smallest absolute Gasteiger partial charge is 0.404 e. The van der Waals surface area contributed by atoms with Crippen LogP contribution in [0.25, 0.3) is 5.69 Å². The molecule has 258 valence electrons. The van der Waals surface area contributed by atoms with Crippen LogP contribution in [0.1, 0.15) is 82.0 Å². The zero-order valence-electron chi connectivity index (χ0n) is 29.4. The van der Waals surface area contributed by atoms with Crippen molar-refractivity contribution in [2.45, 2.75) is 96.9 Å². The van der Waals surface area contributed by atoms with Crippen molar-refractivity contribution < 1.29 is 23.7 Å². The predicted molar refractivity (Wildman–Crippen MR) is 188 cm³/mol. The lowest BCUT2D eigenvalue weighted by atomic mass is 9.43. The minimum atomic E-state index is -1.29. The van der Waals surface area contributed by atoms with Gasteiger partial charge in [-0.15, -0.1) is 0 Å². The summed E-state index contributed by atoms with van der Waals surface area (Å²) in [6.45, 7) is 13.2. The molecule has 3 heterocycles. The summed E-state index contributed by atoms with van der Waals surface area (Å²) in [4.78, 5) is 34.0. The second-order valence-corrected chi connectivity index (χ2v) is 15.7. The molecular formula is C38H48BN5O5. The molecule has 0 radical (unpaired) electrons. The topological polar surface area (TPSA) is 116 Å². The summed E-state index contributed by atoms with van der Waals surface area (Å²) in [5.41, 5.74) is 2.02. The van der Waals surface area contributed by atoms with Crippen LogP contribution in [0, 0.1) is 30.1 Å². The summed E-state index contributed by atoms with van der Waals surface area (Å²) in [6.07, 6.45) is 3.40. The molecule has 1 unspecified atom stereocenters. The fourth-order valence-electron chi connectivity index (χ4n) is 8.68. The van der Waals surface area contributed by atoms with Gasteiger partial charge >= 0.3 is 7.12 Å². The molecule has 10 nitrogen and oxygen atoms in total. The third-order valence-electron chi connectivity index (χ3n) is 11.4. The van der Waals surface area contributed by atoms with E-state index >= 15 is 0 Å². The zero-order chi connectivity index (χ0) is 34.6. The number of carbonyl (C=O) groups is 2. The molecule has 0 spiro atoms. The lowest BCUT2D eigenvalue weighted by Gasteiger charge is -2.64. The minimum absolute atomic E-state index is 0.0161. The summed E-state index contributed by atoms with van der Waals surface area (Å²) in [5, 5.41) is 15.2. The quantitative estimate of drug-likeness (QED) is 0.263. The molecule has 3 aromatic rings. The molecule has 3 saturated carbocycles. The van der Waals surface area contributed by atoms with Gasteiger partial charge in [0.1, 0.15) is 5.69 Å². The first kappa shape index (κ1) is 33.5. The molecule has 6 atom stereocenters. The molecule has 8 rings (SSSR count). The van der Waals surface area contributed by atoms with Crippen molar-refractivity contribution in [2.24, 2.45) is 28.3 Å². The van der Waals surface area contributed by atoms with Gasteiger partial charge in [-0.2, -0.15) is 5.10 Å². The first-order chi connectivity index (χ1) is 23.4. The Balaban J connectivity index is 1.07. The highest BCUT2D eigenvalue weighted by atomic mass is 16.7. The molecule has 2 aromatic carbocycles. The number of nitrogens with zero attached hydrogens (tertiary/aromatic N) is 3. The van der Waals surface area contributed by atoms with E-state index in [1.54, 1.807) is 10.7 Å². The first-order valence-electron chi connectivity index (χ1n) is 17.7. The Hall–Kier alpha value is -3.96. The molecular weight excluding hydrogens is 617 g/mol. The van der Waals surface area contributed by atoms with Crippen molar-refractivity contribution in [1.82, 2.24) is 20.4 Å². The van der Waals surface area contributed by atoms with Crippen LogP contribution in [0.2, 0.25) is 0 Å². The van der Waals surface area contributed by atoms with Crippen molar-refractivity contribution in [3.8, 4) is 5.69 Å². The number of carbonyl (C=O) groups excluding carboxylic acids is 2. The molecule has 3 aliphatic carbocycles. The summed E-state index contributed by atoms with van der Waals surface area (Å²) < 4.78 is 15.1. The standard InChI is InChI=1S/C38H48BN5O5/c1-24(2)17-33(39-47-32-20-27-19-31(36(27,4)5)37(32,6)48-39)41-35(46)38(21-26-13-9-7-10-14-26)22-28(43-49-38)23-40-34(45)30-18-25(3)42-44(30)29-15-11-8-12-16-29/h7-16,18,24,27,31-33H,17,19-23H2,1-6H3,(H,40,45)(H,41,46)/t27-,31-,32+,33-,37-,38?/m0/s1. The maximum atomic E-state index is 14.5. The van der Waals surface area contributed by atoms with Gasteiger partial charge in [0.2, 0.25) is 5.60 Å². The number of rotatable bonds is 11. The van der Waals surface area contributed by atoms with Crippen LogP contribution in [0.3, 0.4) is 0 Å². The van der Waals surface area contributed by atoms with E-state index in [0.29, 0.717) is 42.0 Å². The number of hydrogen-bond acceptors (Lipinski definition) is 7. The summed E-state index contributed by atoms with van der Waals surface area (Å²) in [7, 11) is -0.552. The molecule has 1 aromatic heterocycles. The van der Waals surface area contributed by atoms with Gasteiger partial charge in [0.05, 0.1) is 41.3 Å². The normalized spacial score (nSPS) is 28.7. The van der Waals surface area contributed by atoms with Gasteiger partial charge in [-0.25, -0.2) is 4.68 Å². The number of aromatic nitrogens is 2. The summed E-state index contributed by atoms with van der Waals surface area (Å²) in [5.74, 6) is 0.436. The Morgan fingerprint density at radius 2 is 1.76 bits per heavy atom. The Labute approximate surface area is 289 Å². The number of oxime groups is 1. The average Bonchev–Trinajstić information content (AvgIpc) is 3.78. The fraction of sp³-hybridized carbons (Fsp3) is 0.526. The van der Waals surface area contributed by atoms with Crippen molar-refractivity contribution in [3.63, 3.8) is 0 Å². The lowest BCUT2D eigenvalue weighted by Crippen LogP contribution is -2.65. The zero-order valence-corrected chi connectivity index (χ0v) is 29.4. The molecule has 2 N–H and O–H groups in total. The number of benzene rings is 2. The van der Waals surface area contributed by atoms with E-state index in [1.165, 1.54) is 0 Å². The van der Waals surface area contributed by atoms with Gasteiger partial charge in [-0.05, 0) is 80.0 Å². The summed E-state index contributed by atoms with van der Waals surface area (Å²) >= 11 is 0. The van der Waals surface area contributed by atoms with E-state index in [2.05, 4.69) is 55.5 Å². The van der Waals surface area contributed by atoms with Crippen molar-refractivity contribution in [3.05, 3.63) is 83.7 Å². The van der Waals surface area contributed by atoms with Crippen molar-refractivity contribution >= 4 is 24.6 Å². The molecule has 2 bridgehead atoms. The molecule has 2 amide bonds. The molecule has 4 fully saturated rings. The molecule has 11 heteroatoms. The third kappa shape index (κ3) is 6.20. The molecule has 2 aliphatic heterocycles. The largest absolute Gasteiger partial charge is 0.481 e. The average molecular weight is 666 g/mol. The SMILES string of the molecule is Cc1cc(C(=O)NCC2=NOC(Cc3ccccc3)(C(=O)N[C@@H](CC(C)C)B3O[C@@H]4C[C@@H]5C[C@@H](C5(C)C)[C@]4(C)O3)C2)n(-c2ccccc2)n1. The second kappa shape index (κ2) is 12.7. The Morgan fingerprint density at radius 3 is 2.45 bits per heavy atom. The highest BCUT2D eigenvalue weighted by Gasteiger charge is 2.68. The van der Waals surface area contributed by atoms with E-state index in [1.807, 2.05) is 67.6 Å². The maximum absolute atomic E-state index is 14.5. The van der Waals surface area contributed by atoms with Crippen LogP contribution in [0.5, 0.6) is 0 Å². The van der Waals surface area contributed by atoms with E-state index in [4.69, 9.17) is 14.1 Å². The van der Waals surface area contributed by atoms with E-state index in [0.717, 1.165) is 29.8 Å². The van der Waals surface area contributed by atoms with Crippen LogP contribution < -0.4 is 10.6 Å². The minimum Gasteiger partial charge on any atom is -0.404 e. The second-order valence-electron chi connectivity index (χ2n) is 15.7. The fourth-order valence-corrected chi connectivity index (χ4v) is 8.68. The van der Waals surface area contributed by atoms with Crippen LogP contribution in [-0.4, -0.2) is 64.2 Å². The van der Waals surface area contributed by atoms with E-state index in [9.17, 15) is 9.59 Å². The molecule has 49 heavy (non-hydrogen) atoms. The van der Waals surface area contributed by atoms with Crippen LogP contribution in [-0.2, 0) is 25.4 Å². The first-order valence-corrected chi connectivity index (χ1v) is 17.7. The van der Waals surface area contributed by atoms with Gasteiger partial charge in [-0.3, -0.25) is 9.59 Å². The van der Waals surface area contributed by atoms with Crippen LogP contribution >= 0.6 is 0 Å². The van der Waals surface area contributed by atoms with Crippen LogP contribution in [0.15, 0.2) is 71.9 Å². The van der Waals surface area contributed by atoms with E-state index < -0.39 is 12.7 Å². The van der Waals surface area contributed by atoms with Crippen LogP contribution in [0.4, 0.5) is 0 Å². The Kier molecular flexibility index (Phi) is 8.72. The van der Waals surface area contributed by atoms with Crippen molar-refractivity contribution in [1.29, 1.82) is 0 Å². The number of para-hydroxylation sites is 1. The number of nitrogens with one attached hydrogen (secondary N) is 2. The van der Waals surface area contributed by atoms with Gasteiger partial charge < -0.3 is 24.8 Å². The predicted octanol–water partition coefficient (Wildman–Crippen LogP) is 5.47. The third-order valence-corrected chi connectivity index (χ3v) is 11.4. The van der Waals surface area contributed by atoms with Gasteiger partial charge in [0.15, 0.2) is 0 Å².